The largest absolute Gasteiger partial charge is 0.456 e. The molecule has 2 nitrogen and oxygen atoms in total. The summed E-state index contributed by atoms with van der Waals surface area (Å²) in [6, 6.07) is 77.6. The van der Waals surface area contributed by atoms with Crippen LogP contribution in [0.5, 0.6) is 0 Å². The Bertz CT molecular complexity index is 3130. The number of furan rings is 1. The maximum Gasteiger partial charge on any atom is 0.135 e. The molecule has 0 amide bonds. The Labute approximate surface area is 331 Å². The van der Waals surface area contributed by atoms with Gasteiger partial charge in [-0.3, -0.25) is 0 Å². The second-order valence-corrected chi connectivity index (χ2v) is 15.2. The first-order valence-electron chi connectivity index (χ1n) is 19.7. The van der Waals surface area contributed by atoms with E-state index in [1.165, 1.54) is 55.6 Å². The first kappa shape index (κ1) is 31.9. The van der Waals surface area contributed by atoms with Crippen LogP contribution in [0.1, 0.15) is 22.3 Å². The number of para-hydroxylation sites is 1. The van der Waals surface area contributed by atoms with E-state index in [2.05, 4.69) is 205 Å². The summed E-state index contributed by atoms with van der Waals surface area (Å²) in [6.45, 7) is 0. The monoisotopic (exact) mass is 725 g/mol. The second-order valence-electron chi connectivity index (χ2n) is 15.2. The van der Waals surface area contributed by atoms with Crippen molar-refractivity contribution in [3.63, 3.8) is 0 Å². The van der Waals surface area contributed by atoms with Gasteiger partial charge in [0.1, 0.15) is 11.2 Å². The molecular formula is C55H35NO. The number of fused-ring (bicyclic) bond motifs is 13. The summed E-state index contributed by atoms with van der Waals surface area (Å²) in [5, 5.41) is 2.26. The van der Waals surface area contributed by atoms with Gasteiger partial charge in [0.15, 0.2) is 0 Å². The number of hydrogen-bond donors (Lipinski definition) is 0. The highest BCUT2D eigenvalue weighted by atomic mass is 16.3. The van der Waals surface area contributed by atoms with Gasteiger partial charge in [-0.05, 0) is 121 Å². The van der Waals surface area contributed by atoms with Gasteiger partial charge in [-0.15, -0.1) is 0 Å². The number of nitrogens with zero attached hydrogens (tertiary/aromatic N) is 1. The van der Waals surface area contributed by atoms with Crippen LogP contribution in [-0.4, -0.2) is 0 Å². The standard InChI is InChI=1S/C55H35NO/c1-2-13-36(14-3-1)37-25-28-40(29-26-37)56(41-16-12-15-38(33-41)39-27-32-54-48(34-39)47-20-7-11-24-53(47)57-54)42-30-31-46-45-19-6-10-23-51(45)55(52(46)35-42)49-21-8-4-17-43(49)44-18-5-9-22-50(44)55/h1-35H. The number of anilines is 3. The minimum Gasteiger partial charge on any atom is -0.456 e. The van der Waals surface area contributed by atoms with E-state index in [1.807, 2.05) is 12.1 Å². The van der Waals surface area contributed by atoms with Crippen LogP contribution in [0.25, 0.3) is 66.4 Å². The molecule has 0 N–H and O–H groups in total. The summed E-state index contributed by atoms with van der Waals surface area (Å²) in [5.74, 6) is 0. The lowest BCUT2D eigenvalue weighted by molar-refractivity contribution is 0.669. The summed E-state index contributed by atoms with van der Waals surface area (Å²) in [6.07, 6.45) is 0. The fraction of sp³-hybridized carbons (Fsp3) is 0.0182. The minimum absolute atomic E-state index is 0.428. The fourth-order valence-corrected chi connectivity index (χ4v) is 9.83. The van der Waals surface area contributed by atoms with E-state index in [1.54, 1.807) is 0 Å². The number of benzene rings is 9. The van der Waals surface area contributed by atoms with Gasteiger partial charge in [0.2, 0.25) is 0 Å². The van der Waals surface area contributed by atoms with Gasteiger partial charge in [-0.25, -0.2) is 0 Å². The van der Waals surface area contributed by atoms with Gasteiger partial charge in [-0.1, -0.05) is 158 Å². The summed E-state index contributed by atoms with van der Waals surface area (Å²) in [7, 11) is 0. The van der Waals surface area contributed by atoms with Crippen LogP contribution < -0.4 is 4.90 Å². The third-order valence-electron chi connectivity index (χ3n) is 12.3. The Balaban J connectivity index is 1.07. The zero-order valence-corrected chi connectivity index (χ0v) is 31.1. The Morgan fingerprint density at radius 2 is 0.807 bits per heavy atom. The zero-order valence-electron chi connectivity index (χ0n) is 31.1. The Morgan fingerprint density at radius 1 is 0.298 bits per heavy atom. The number of hydrogen-bond acceptors (Lipinski definition) is 2. The Morgan fingerprint density at radius 3 is 1.53 bits per heavy atom. The fourth-order valence-electron chi connectivity index (χ4n) is 9.83. The van der Waals surface area contributed by atoms with E-state index < -0.39 is 5.41 Å². The molecule has 57 heavy (non-hydrogen) atoms. The molecule has 266 valence electrons. The number of rotatable bonds is 5. The van der Waals surface area contributed by atoms with Crippen molar-refractivity contribution < 1.29 is 4.42 Å². The van der Waals surface area contributed by atoms with Crippen molar-refractivity contribution in [3.05, 3.63) is 235 Å². The Kier molecular flexibility index (Phi) is 6.88. The van der Waals surface area contributed by atoms with E-state index >= 15 is 0 Å². The van der Waals surface area contributed by atoms with E-state index in [9.17, 15) is 0 Å². The first-order valence-corrected chi connectivity index (χ1v) is 19.7. The molecule has 2 aliphatic carbocycles. The second kappa shape index (κ2) is 12.3. The van der Waals surface area contributed by atoms with Crippen LogP contribution in [0.2, 0.25) is 0 Å². The topological polar surface area (TPSA) is 16.4 Å². The van der Waals surface area contributed by atoms with Gasteiger partial charge in [0.05, 0.1) is 5.41 Å². The normalized spacial score (nSPS) is 13.1. The molecule has 0 aliphatic heterocycles. The van der Waals surface area contributed by atoms with E-state index in [-0.39, 0.29) is 0 Å². The lowest BCUT2D eigenvalue weighted by Crippen LogP contribution is -2.26. The Hall–Kier alpha value is -7.42. The van der Waals surface area contributed by atoms with Gasteiger partial charge >= 0.3 is 0 Å². The van der Waals surface area contributed by atoms with Crippen molar-refractivity contribution in [2.45, 2.75) is 5.41 Å². The molecular weight excluding hydrogens is 691 g/mol. The zero-order chi connectivity index (χ0) is 37.5. The molecule has 1 spiro atoms. The SMILES string of the molecule is c1ccc(-c2ccc(N(c3cccc(-c4ccc5oc6ccccc6c5c4)c3)c3ccc4c(c3)C3(c5ccccc5-c5ccccc53)c3ccccc3-4)cc2)cc1. The molecule has 0 fully saturated rings. The van der Waals surface area contributed by atoms with Gasteiger partial charge in [0.25, 0.3) is 0 Å². The molecule has 12 rings (SSSR count). The van der Waals surface area contributed by atoms with Crippen LogP contribution in [0.3, 0.4) is 0 Å². The van der Waals surface area contributed by atoms with Gasteiger partial charge in [-0.2, -0.15) is 0 Å². The predicted molar refractivity (Wildman–Crippen MR) is 236 cm³/mol. The smallest absolute Gasteiger partial charge is 0.135 e. The molecule has 10 aromatic rings. The van der Waals surface area contributed by atoms with Crippen molar-refractivity contribution in [3.8, 4) is 44.5 Å². The van der Waals surface area contributed by atoms with E-state index in [0.29, 0.717) is 0 Å². The lowest BCUT2D eigenvalue weighted by Gasteiger charge is -2.32. The highest BCUT2D eigenvalue weighted by molar-refractivity contribution is 6.06. The molecule has 9 aromatic carbocycles. The van der Waals surface area contributed by atoms with E-state index in [0.717, 1.165) is 50.1 Å². The minimum atomic E-state index is -0.428. The highest BCUT2D eigenvalue weighted by Gasteiger charge is 2.51. The van der Waals surface area contributed by atoms with Crippen LogP contribution in [-0.2, 0) is 5.41 Å². The van der Waals surface area contributed by atoms with Crippen molar-refractivity contribution in [1.82, 2.24) is 0 Å². The maximum absolute atomic E-state index is 6.20. The summed E-state index contributed by atoms with van der Waals surface area (Å²) in [4.78, 5) is 2.42. The highest BCUT2D eigenvalue weighted by Crippen LogP contribution is 2.63. The molecule has 0 atom stereocenters. The molecule has 2 aliphatic rings. The van der Waals surface area contributed by atoms with Crippen LogP contribution in [0.4, 0.5) is 17.1 Å². The average molecular weight is 726 g/mol. The molecule has 0 saturated carbocycles. The van der Waals surface area contributed by atoms with Gasteiger partial charge < -0.3 is 9.32 Å². The molecule has 0 radical (unpaired) electrons. The van der Waals surface area contributed by atoms with Crippen molar-refractivity contribution in [1.29, 1.82) is 0 Å². The van der Waals surface area contributed by atoms with Crippen LogP contribution >= 0.6 is 0 Å². The molecule has 1 aromatic heterocycles. The molecule has 0 bridgehead atoms. The average Bonchev–Trinajstić information content (AvgIpc) is 3.91. The third kappa shape index (κ3) is 4.65. The quantitative estimate of drug-likeness (QED) is 0.176. The third-order valence-corrected chi connectivity index (χ3v) is 12.3. The van der Waals surface area contributed by atoms with Crippen molar-refractivity contribution in [2.24, 2.45) is 0 Å². The lowest BCUT2D eigenvalue weighted by atomic mass is 9.70. The van der Waals surface area contributed by atoms with Crippen molar-refractivity contribution >= 4 is 39.0 Å². The molecule has 2 heteroatoms. The van der Waals surface area contributed by atoms with Crippen LogP contribution in [0.15, 0.2) is 217 Å². The summed E-state index contributed by atoms with van der Waals surface area (Å²) >= 11 is 0. The maximum atomic E-state index is 6.20. The van der Waals surface area contributed by atoms with Crippen molar-refractivity contribution in [2.75, 3.05) is 4.90 Å². The van der Waals surface area contributed by atoms with E-state index in [4.69, 9.17) is 4.42 Å². The summed E-state index contributed by atoms with van der Waals surface area (Å²) < 4.78 is 6.20. The summed E-state index contributed by atoms with van der Waals surface area (Å²) in [5.41, 5.74) is 19.9. The predicted octanol–water partition coefficient (Wildman–Crippen LogP) is 14.7. The molecule has 0 unspecified atom stereocenters. The molecule has 1 heterocycles. The molecule has 0 saturated heterocycles. The van der Waals surface area contributed by atoms with Crippen LogP contribution in [0, 0.1) is 0 Å². The first-order chi connectivity index (χ1) is 28.3. The van der Waals surface area contributed by atoms with Gasteiger partial charge in [0, 0.05) is 27.8 Å².